The van der Waals surface area contributed by atoms with E-state index >= 15 is 0 Å². The summed E-state index contributed by atoms with van der Waals surface area (Å²) in [6.07, 6.45) is 9.82. The second-order valence-corrected chi connectivity index (χ2v) is 5.65. The zero-order valence-electron chi connectivity index (χ0n) is 10.4. The first-order valence-corrected chi connectivity index (χ1v) is 7.30. The van der Waals surface area contributed by atoms with E-state index in [-0.39, 0.29) is 11.2 Å². The van der Waals surface area contributed by atoms with Gasteiger partial charge in [0, 0.05) is 25.5 Å². The molecular formula is C12H19N3OS. The third-order valence-electron chi connectivity index (χ3n) is 3.36. The summed E-state index contributed by atoms with van der Waals surface area (Å²) in [7, 11) is 0. The predicted octanol–water partition coefficient (Wildman–Crippen LogP) is 1.80. The zero-order valence-corrected chi connectivity index (χ0v) is 11.2. The van der Waals surface area contributed by atoms with Gasteiger partial charge in [-0.2, -0.15) is 11.8 Å². The molecule has 4 nitrogen and oxygen atoms in total. The standard InChI is InChI=1S/C12H19N3OS/c1-10(17-2)12(16)14-6-3-4-11(8-14)15-7-5-13-9-15/h5,7,9-11H,3-4,6,8H2,1-2H3/t10-,11+/m1/s1. The van der Waals surface area contributed by atoms with Crippen molar-refractivity contribution < 1.29 is 4.79 Å². The van der Waals surface area contributed by atoms with Gasteiger partial charge >= 0.3 is 0 Å². The molecule has 0 unspecified atom stereocenters. The van der Waals surface area contributed by atoms with E-state index in [1.807, 2.05) is 30.6 Å². The van der Waals surface area contributed by atoms with E-state index in [0.717, 1.165) is 25.9 Å². The Morgan fingerprint density at radius 3 is 3.06 bits per heavy atom. The fourth-order valence-corrected chi connectivity index (χ4v) is 2.59. The molecule has 1 amide bonds. The smallest absolute Gasteiger partial charge is 0.235 e. The number of aromatic nitrogens is 2. The van der Waals surface area contributed by atoms with Gasteiger partial charge in [0.15, 0.2) is 0 Å². The number of hydrogen-bond acceptors (Lipinski definition) is 3. The van der Waals surface area contributed by atoms with Crippen molar-refractivity contribution in [2.75, 3.05) is 19.3 Å². The summed E-state index contributed by atoms with van der Waals surface area (Å²) in [5, 5.41) is 0.0662. The number of piperidine rings is 1. The van der Waals surface area contributed by atoms with Gasteiger partial charge in [0.25, 0.3) is 0 Å². The first-order valence-electron chi connectivity index (χ1n) is 6.01. The molecule has 0 N–H and O–H groups in total. The maximum Gasteiger partial charge on any atom is 0.235 e. The maximum atomic E-state index is 12.1. The van der Waals surface area contributed by atoms with Crippen LogP contribution >= 0.6 is 11.8 Å². The first-order chi connectivity index (χ1) is 8.22. The summed E-state index contributed by atoms with van der Waals surface area (Å²) in [4.78, 5) is 18.2. The molecule has 1 aromatic heterocycles. The molecule has 0 aromatic carbocycles. The normalized spacial score (nSPS) is 22.5. The highest BCUT2D eigenvalue weighted by Gasteiger charge is 2.26. The van der Waals surface area contributed by atoms with E-state index in [1.54, 1.807) is 18.0 Å². The molecule has 2 rings (SSSR count). The molecule has 0 saturated carbocycles. The van der Waals surface area contributed by atoms with Crippen molar-refractivity contribution in [2.24, 2.45) is 0 Å². The molecule has 1 aliphatic rings. The molecule has 1 aromatic rings. The third-order valence-corrected chi connectivity index (χ3v) is 4.26. The number of nitrogens with zero attached hydrogens (tertiary/aromatic N) is 3. The van der Waals surface area contributed by atoms with E-state index < -0.39 is 0 Å². The Bertz CT molecular complexity index is 366. The van der Waals surface area contributed by atoms with Crippen LogP contribution in [0.15, 0.2) is 18.7 Å². The Hall–Kier alpha value is -0.970. The summed E-state index contributed by atoms with van der Waals surface area (Å²) in [6, 6.07) is 0.393. The highest BCUT2D eigenvalue weighted by Crippen LogP contribution is 2.23. The summed E-state index contributed by atoms with van der Waals surface area (Å²) >= 11 is 1.61. The van der Waals surface area contributed by atoms with Crippen molar-refractivity contribution >= 4 is 17.7 Å². The third kappa shape index (κ3) is 2.83. The molecule has 2 atom stereocenters. The van der Waals surface area contributed by atoms with Crippen LogP contribution in [0.4, 0.5) is 0 Å². The maximum absolute atomic E-state index is 12.1. The van der Waals surface area contributed by atoms with Crippen LogP contribution in [-0.2, 0) is 4.79 Å². The summed E-state index contributed by atoms with van der Waals surface area (Å²) in [6.45, 7) is 3.70. The number of thioether (sulfide) groups is 1. The number of rotatable bonds is 3. The molecule has 2 heterocycles. The highest BCUT2D eigenvalue weighted by atomic mass is 32.2. The van der Waals surface area contributed by atoms with Crippen LogP contribution in [0.5, 0.6) is 0 Å². The summed E-state index contributed by atoms with van der Waals surface area (Å²) < 4.78 is 2.11. The van der Waals surface area contributed by atoms with Crippen LogP contribution in [-0.4, -0.2) is 45.0 Å². The van der Waals surface area contributed by atoms with Crippen molar-refractivity contribution in [3.8, 4) is 0 Å². The van der Waals surface area contributed by atoms with Crippen LogP contribution in [0, 0.1) is 0 Å². The van der Waals surface area contributed by atoms with E-state index in [1.165, 1.54) is 0 Å². The average molecular weight is 253 g/mol. The van der Waals surface area contributed by atoms with E-state index in [9.17, 15) is 4.79 Å². The molecule has 1 fully saturated rings. The van der Waals surface area contributed by atoms with Crippen molar-refractivity contribution in [3.05, 3.63) is 18.7 Å². The molecule has 1 aliphatic heterocycles. The lowest BCUT2D eigenvalue weighted by atomic mass is 10.1. The molecule has 0 radical (unpaired) electrons. The van der Waals surface area contributed by atoms with E-state index in [2.05, 4.69) is 9.55 Å². The van der Waals surface area contributed by atoms with Gasteiger partial charge in [-0.15, -0.1) is 0 Å². The topological polar surface area (TPSA) is 38.1 Å². The molecule has 0 bridgehead atoms. The fourth-order valence-electron chi connectivity index (χ4n) is 2.24. The van der Waals surface area contributed by atoms with Crippen molar-refractivity contribution in [1.82, 2.24) is 14.5 Å². The SMILES string of the molecule is CS[C@H](C)C(=O)N1CCC[C@H](n2ccnc2)C1. The summed E-state index contributed by atoms with van der Waals surface area (Å²) in [5.74, 6) is 0.266. The molecule has 17 heavy (non-hydrogen) atoms. The Balaban J connectivity index is 2.00. The predicted molar refractivity (Wildman–Crippen MR) is 70.1 cm³/mol. The number of likely N-dealkylation sites (tertiary alicyclic amines) is 1. The van der Waals surface area contributed by atoms with E-state index in [0.29, 0.717) is 6.04 Å². The summed E-state index contributed by atoms with van der Waals surface area (Å²) in [5.41, 5.74) is 0. The number of carbonyl (C=O) groups is 1. The number of amides is 1. The van der Waals surface area contributed by atoms with Gasteiger partial charge < -0.3 is 9.47 Å². The van der Waals surface area contributed by atoms with Gasteiger partial charge in [0.1, 0.15) is 0 Å². The molecule has 0 aliphatic carbocycles. The number of carbonyl (C=O) groups excluding carboxylic acids is 1. The van der Waals surface area contributed by atoms with Crippen molar-refractivity contribution in [2.45, 2.75) is 31.1 Å². The molecule has 5 heteroatoms. The number of imidazole rings is 1. The second-order valence-electron chi connectivity index (χ2n) is 4.47. The van der Waals surface area contributed by atoms with Crippen molar-refractivity contribution in [1.29, 1.82) is 0 Å². The van der Waals surface area contributed by atoms with Gasteiger partial charge in [-0.3, -0.25) is 4.79 Å². The van der Waals surface area contributed by atoms with Gasteiger partial charge in [-0.25, -0.2) is 4.98 Å². The monoisotopic (exact) mass is 253 g/mol. The lowest BCUT2D eigenvalue weighted by Gasteiger charge is -2.34. The van der Waals surface area contributed by atoms with Crippen molar-refractivity contribution in [3.63, 3.8) is 0 Å². The Labute approximate surface area is 106 Å². The fraction of sp³-hybridized carbons (Fsp3) is 0.667. The Morgan fingerprint density at radius 2 is 2.41 bits per heavy atom. The van der Waals surface area contributed by atoms with Crippen LogP contribution < -0.4 is 0 Å². The highest BCUT2D eigenvalue weighted by molar-refractivity contribution is 7.99. The quantitative estimate of drug-likeness (QED) is 0.824. The zero-order chi connectivity index (χ0) is 12.3. The lowest BCUT2D eigenvalue weighted by Crippen LogP contribution is -2.43. The largest absolute Gasteiger partial charge is 0.340 e. The van der Waals surface area contributed by atoms with Gasteiger partial charge in [0.2, 0.25) is 5.91 Å². The van der Waals surface area contributed by atoms with Crippen LogP contribution in [0.1, 0.15) is 25.8 Å². The Kier molecular flexibility index (Phi) is 4.10. The molecule has 0 spiro atoms. The van der Waals surface area contributed by atoms with Crippen LogP contribution in [0.25, 0.3) is 0 Å². The lowest BCUT2D eigenvalue weighted by molar-refractivity contribution is -0.131. The van der Waals surface area contributed by atoms with Crippen LogP contribution in [0.3, 0.4) is 0 Å². The van der Waals surface area contributed by atoms with Gasteiger partial charge in [-0.05, 0) is 26.0 Å². The average Bonchev–Trinajstić information content (AvgIpc) is 2.91. The minimum Gasteiger partial charge on any atom is -0.340 e. The minimum absolute atomic E-state index is 0.0662. The van der Waals surface area contributed by atoms with Gasteiger partial charge in [-0.1, -0.05) is 0 Å². The molecular weight excluding hydrogens is 234 g/mol. The molecule has 94 valence electrons. The minimum atomic E-state index is 0.0662. The number of hydrogen-bond donors (Lipinski definition) is 0. The first kappa shape index (κ1) is 12.5. The Morgan fingerprint density at radius 1 is 1.59 bits per heavy atom. The molecule has 1 saturated heterocycles. The van der Waals surface area contributed by atoms with E-state index in [4.69, 9.17) is 0 Å². The van der Waals surface area contributed by atoms with Crippen LogP contribution in [0.2, 0.25) is 0 Å². The van der Waals surface area contributed by atoms with Gasteiger partial charge in [0.05, 0.1) is 17.6 Å². The second kappa shape index (κ2) is 5.58.